The van der Waals surface area contributed by atoms with E-state index in [1.165, 1.54) is 12.3 Å². The van der Waals surface area contributed by atoms with Crippen LogP contribution in [0.15, 0.2) is 70.1 Å². The van der Waals surface area contributed by atoms with E-state index in [-0.39, 0.29) is 17.5 Å². The third kappa shape index (κ3) is 5.10. The van der Waals surface area contributed by atoms with Crippen LogP contribution >= 0.6 is 0 Å². The molecule has 5 heteroatoms. The van der Waals surface area contributed by atoms with Crippen LogP contribution in [0.3, 0.4) is 0 Å². The van der Waals surface area contributed by atoms with Crippen LogP contribution in [0.5, 0.6) is 11.5 Å². The molecule has 1 fully saturated rings. The van der Waals surface area contributed by atoms with Crippen molar-refractivity contribution < 1.29 is 18.6 Å². The lowest BCUT2D eigenvalue weighted by Crippen LogP contribution is -2.25. The molecule has 4 rings (SSSR count). The fourth-order valence-electron chi connectivity index (χ4n) is 3.48. The fourth-order valence-corrected chi connectivity index (χ4v) is 3.48. The van der Waals surface area contributed by atoms with Gasteiger partial charge in [0.25, 0.3) is 0 Å². The van der Waals surface area contributed by atoms with Gasteiger partial charge in [0.2, 0.25) is 11.2 Å². The van der Waals surface area contributed by atoms with Crippen LogP contribution in [-0.4, -0.2) is 12.9 Å². The number of rotatable bonds is 7. The van der Waals surface area contributed by atoms with Crippen molar-refractivity contribution >= 4 is 0 Å². The van der Waals surface area contributed by atoms with Crippen molar-refractivity contribution in [1.29, 1.82) is 0 Å². The van der Waals surface area contributed by atoms with Gasteiger partial charge in [-0.1, -0.05) is 42.5 Å². The first-order chi connectivity index (χ1) is 14.7. The molecular weight excluding hydrogens is 380 g/mol. The Balaban J connectivity index is 1.56. The average molecular weight is 406 g/mol. The Hall–Kier alpha value is -3.05. The molecule has 0 bridgehead atoms. The van der Waals surface area contributed by atoms with Gasteiger partial charge < -0.3 is 18.6 Å². The summed E-state index contributed by atoms with van der Waals surface area (Å²) < 4.78 is 23.5. The van der Waals surface area contributed by atoms with E-state index in [0.29, 0.717) is 18.8 Å². The second-order valence-corrected chi connectivity index (χ2v) is 7.51. The highest BCUT2D eigenvalue weighted by Gasteiger charge is 2.19. The first-order valence-corrected chi connectivity index (χ1v) is 10.3. The van der Waals surface area contributed by atoms with E-state index in [1.54, 1.807) is 0 Å². The van der Waals surface area contributed by atoms with Crippen LogP contribution in [0, 0.1) is 6.92 Å². The molecule has 1 aromatic heterocycles. The van der Waals surface area contributed by atoms with Gasteiger partial charge in [0, 0.05) is 24.5 Å². The first-order valence-electron chi connectivity index (χ1n) is 10.3. The molecule has 0 spiro atoms. The summed E-state index contributed by atoms with van der Waals surface area (Å²) in [7, 11) is 0. The van der Waals surface area contributed by atoms with Crippen molar-refractivity contribution in [2.75, 3.05) is 6.61 Å². The van der Waals surface area contributed by atoms with Gasteiger partial charge >= 0.3 is 0 Å². The van der Waals surface area contributed by atoms with Crippen molar-refractivity contribution in [2.45, 2.75) is 45.5 Å². The maximum absolute atomic E-state index is 12.5. The van der Waals surface area contributed by atoms with E-state index in [1.807, 2.05) is 55.5 Å². The molecule has 1 aliphatic heterocycles. The molecule has 5 nitrogen and oxygen atoms in total. The summed E-state index contributed by atoms with van der Waals surface area (Å²) >= 11 is 0. The zero-order chi connectivity index (χ0) is 20.8. The molecule has 1 saturated heterocycles. The standard InChI is InChI=1S/C25H26O5/c1-18-10-11-20(22(15-18)30-24-9-5-6-13-28-24)16-23-25(21(26)12-14-27-23)29-17-19-7-3-2-4-8-19/h2-4,7-8,10-12,14-15,24H,5-6,9,13,16-17H2,1H3. The highest BCUT2D eigenvalue weighted by molar-refractivity contribution is 5.41. The summed E-state index contributed by atoms with van der Waals surface area (Å²) in [5, 5.41) is 0. The Morgan fingerprint density at radius 1 is 1.07 bits per heavy atom. The van der Waals surface area contributed by atoms with Crippen LogP contribution in [-0.2, 0) is 17.8 Å². The van der Waals surface area contributed by atoms with Crippen molar-refractivity contribution in [2.24, 2.45) is 0 Å². The SMILES string of the molecule is Cc1ccc(Cc2occc(=O)c2OCc2ccccc2)c(OC2CCCCO2)c1. The Bertz CT molecular complexity index is 1020. The largest absolute Gasteiger partial charge is 0.482 e. The van der Waals surface area contributed by atoms with Gasteiger partial charge in [0.05, 0.1) is 12.9 Å². The Morgan fingerprint density at radius 2 is 1.93 bits per heavy atom. The zero-order valence-electron chi connectivity index (χ0n) is 17.1. The smallest absolute Gasteiger partial charge is 0.227 e. The minimum absolute atomic E-state index is 0.197. The summed E-state index contributed by atoms with van der Waals surface area (Å²) in [6.07, 6.45) is 4.60. The topological polar surface area (TPSA) is 57.9 Å². The number of hydrogen-bond donors (Lipinski definition) is 0. The molecule has 2 heterocycles. The maximum Gasteiger partial charge on any atom is 0.227 e. The molecule has 30 heavy (non-hydrogen) atoms. The molecule has 0 radical (unpaired) electrons. The van der Waals surface area contributed by atoms with Gasteiger partial charge in [-0.3, -0.25) is 4.79 Å². The van der Waals surface area contributed by atoms with Crippen LogP contribution in [0.4, 0.5) is 0 Å². The number of hydrogen-bond acceptors (Lipinski definition) is 5. The molecule has 0 N–H and O–H groups in total. The van der Waals surface area contributed by atoms with Gasteiger partial charge in [0.15, 0.2) is 12.1 Å². The molecule has 1 unspecified atom stereocenters. The lowest BCUT2D eigenvalue weighted by atomic mass is 10.1. The molecule has 2 aromatic carbocycles. The van der Waals surface area contributed by atoms with Crippen molar-refractivity contribution in [3.05, 3.63) is 93.5 Å². The molecule has 0 amide bonds. The van der Waals surface area contributed by atoms with Crippen molar-refractivity contribution in [3.63, 3.8) is 0 Å². The molecule has 1 aliphatic rings. The minimum atomic E-state index is -0.240. The van der Waals surface area contributed by atoms with Gasteiger partial charge in [0.1, 0.15) is 12.4 Å². The predicted molar refractivity (Wildman–Crippen MR) is 114 cm³/mol. The number of aryl methyl sites for hydroxylation is 1. The highest BCUT2D eigenvalue weighted by atomic mass is 16.7. The van der Waals surface area contributed by atoms with E-state index in [2.05, 4.69) is 0 Å². The molecule has 3 aromatic rings. The van der Waals surface area contributed by atoms with E-state index in [0.717, 1.165) is 48.3 Å². The predicted octanol–water partition coefficient (Wildman–Crippen LogP) is 5.02. The summed E-state index contributed by atoms with van der Waals surface area (Å²) in [5.41, 5.74) is 2.81. The lowest BCUT2D eigenvalue weighted by molar-refractivity contribution is -0.106. The van der Waals surface area contributed by atoms with E-state index < -0.39 is 0 Å². The number of ether oxygens (including phenoxy) is 3. The highest BCUT2D eigenvalue weighted by Crippen LogP contribution is 2.28. The fraction of sp³-hybridized carbons (Fsp3) is 0.320. The maximum atomic E-state index is 12.5. The Kier molecular flexibility index (Phi) is 6.50. The molecule has 0 aliphatic carbocycles. The second-order valence-electron chi connectivity index (χ2n) is 7.51. The minimum Gasteiger partial charge on any atom is -0.482 e. The number of benzene rings is 2. The van der Waals surface area contributed by atoms with Gasteiger partial charge in [-0.15, -0.1) is 0 Å². The van der Waals surface area contributed by atoms with E-state index >= 15 is 0 Å². The van der Waals surface area contributed by atoms with Crippen LogP contribution in [0.2, 0.25) is 0 Å². The van der Waals surface area contributed by atoms with Gasteiger partial charge in [-0.2, -0.15) is 0 Å². The van der Waals surface area contributed by atoms with Crippen LogP contribution < -0.4 is 14.9 Å². The quantitative estimate of drug-likeness (QED) is 0.551. The first kappa shape index (κ1) is 20.2. The molecule has 0 saturated carbocycles. The van der Waals surface area contributed by atoms with Crippen molar-refractivity contribution in [1.82, 2.24) is 0 Å². The summed E-state index contributed by atoms with van der Waals surface area (Å²) in [6.45, 7) is 3.04. The van der Waals surface area contributed by atoms with Crippen molar-refractivity contribution in [3.8, 4) is 11.5 Å². The van der Waals surface area contributed by atoms with Crippen LogP contribution in [0.25, 0.3) is 0 Å². The normalized spacial score (nSPS) is 16.2. The summed E-state index contributed by atoms with van der Waals surface area (Å²) in [6, 6.07) is 17.1. The monoisotopic (exact) mass is 406 g/mol. The Labute approximate surface area is 176 Å². The summed E-state index contributed by atoms with van der Waals surface area (Å²) in [4.78, 5) is 12.5. The Morgan fingerprint density at radius 3 is 2.73 bits per heavy atom. The van der Waals surface area contributed by atoms with Crippen LogP contribution in [0.1, 0.15) is 41.7 Å². The van der Waals surface area contributed by atoms with E-state index in [9.17, 15) is 4.79 Å². The molecule has 1 atom stereocenters. The molecular formula is C25H26O5. The third-order valence-electron chi connectivity index (χ3n) is 5.10. The van der Waals surface area contributed by atoms with Gasteiger partial charge in [-0.05, 0) is 37.0 Å². The molecule has 156 valence electrons. The lowest BCUT2D eigenvalue weighted by Gasteiger charge is -2.25. The second kappa shape index (κ2) is 9.63. The summed E-state index contributed by atoms with van der Waals surface area (Å²) in [5.74, 6) is 1.47. The van der Waals surface area contributed by atoms with E-state index in [4.69, 9.17) is 18.6 Å². The third-order valence-corrected chi connectivity index (χ3v) is 5.10. The zero-order valence-corrected chi connectivity index (χ0v) is 17.1. The van der Waals surface area contributed by atoms with Gasteiger partial charge in [-0.25, -0.2) is 0 Å². The average Bonchev–Trinajstić information content (AvgIpc) is 2.77.